The predicted molar refractivity (Wildman–Crippen MR) is 78.6 cm³/mol. The van der Waals surface area contributed by atoms with Crippen LogP contribution in [0, 0.1) is 0 Å². The van der Waals surface area contributed by atoms with Gasteiger partial charge in [-0.2, -0.15) is 0 Å². The van der Waals surface area contributed by atoms with Crippen LogP contribution in [0.25, 0.3) is 0 Å². The lowest BCUT2D eigenvalue weighted by molar-refractivity contribution is -0.143. The molecule has 0 heterocycles. The van der Waals surface area contributed by atoms with Gasteiger partial charge in [0.15, 0.2) is 0 Å². The Balaban J connectivity index is 2.10. The van der Waals surface area contributed by atoms with E-state index >= 15 is 0 Å². The number of fused-ring (bicyclic) bond motifs is 1. The van der Waals surface area contributed by atoms with Gasteiger partial charge < -0.3 is 5.11 Å². The van der Waals surface area contributed by atoms with E-state index in [4.69, 9.17) is 0 Å². The fourth-order valence-corrected chi connectivity index (χ4v) is 4.39. The highest BCUT2D eigenvalue weighted by Gasteiger charge is 2.43. The Hall–Kier alpha value is -0.830. The zero-order chi connectivity index (χ0) is 13.5. The van der Waals surface area contributed by atoms with Crippen molar-refractivity contribution in [2.24, 2.45) is 0 Å². The lowest BCUT2D eigenvalue weighted by Gasteiger charge is -2.27. The fourth-order valence-electron chi connectivity index (χ4n) is 3.69. The summed E-state index contributed by atoms with van der Waals surface area (Å²) in [6.45, 7) is 0. The fraction of sp³-hybridized carbons (Fsp3) is 0.562. The van der Waals surface area contributed by atoms with Crippen molar-refractivity contribution in [1.82, 2.24) is 0 Å². The number of benzene rings is 1. The van der Waals surface area contributed by atoms with Gasteiger partial charge >= 0.3 is 5.97 Å². The Morgan fingerprint density at radius 1 is 1.11 bits per heavy atom. The first kappa shape index (κ1) is 13.2. The number of rotatable bonds is 2. The molecule has 2 aliphatic carbocycles. The van der Waals surface area contributed by atoms with E-state index in [9.17, 15) is 9.90 Å². The van der Waals surface area contributed by atoms with E-state index in [1.807, 2.05) is 0 Å². The number of carboxylic acids is 1. The van der Waals surface area contributed by atoms with Gasteiger partial charge in [-0.05, 0) is 61.3 Å². The minimum absolute atomic E-state index is 0.630. The third-order valence-electron chi connectivity index (χ3n) is 4.83. The molecule has 3 rings (SSSR count). The van der Waals surface area contributed by atoms with Crippen molar-refractivity contribution in [3.63, 3.8) is 0 Å². The number of aryl methyl sites for hydroxylation is 1. The van der Waals surface area contributed by atoms with Crippen LogP contribution in [0.2, 0.25) is 0 Å². The van der Waals surface area contributed by atoms with Crippen molar-refractivity contribution < 1.29 is 9.90 Å². The highest BCUT2D eigenvalue weighted by atomic mass is 79.9. The number of hydrogen-bond donors (Lipinski definition) is 1. The van der Waals surface area contributed by atoms with Crippen molar-refractivity contribution >= 4 is 21.9 Å². The molecule has 0 radical (unpaired) electrons. The Labute approximate surface area is 122 Å². The summed E-state index contributed by atoms with van der Waals surface area (Å²) in [5.74, 6) is -0.646. The van der Waals surface area contributed by atoms with E-state index in [-0.39, 0.29) is 0 Å². The molecule has 0 unspecified atom stereocenters. The molecule has 1 fully saturated rings. The van der Waals surface area contributed by atoms with E-state index in [1.54, 1.807) is 0 Å². The molecule has 2 aliphatic rings. The lowest BCUT2D eigenvalue weighted by Crippen LogP contribution is -2.33. The SMILES string of the molecule is O=C(O)C1(c2cc(Br)c3c(c2)CCCC3)CCCC1. The Morgan fingerprint density at radius 2 is 1.79 bits per heavy atom. The highest BCUT2D eigenvalue weighted by molar-refractivity contribution is 9.10. The van der Waals surface area contributed by atoms with Gasteiger partial charge in [-0.3, -0.25) is 4.79 Å². The summed E-state index contributed by atoms with van der Waals surface area (Å²) in [4.78, 5) is 11.8. The molecule has 1 aromatic carbocycles. The summed E-state index contributed by atoms with van der Waals surface area (Å²) < 4.78 is 1.12. The van der Waals surface area contributed by atoms with E-state index < -0.39 is 11.4 Å². The zero-order valence-electron chi connectivity index (χ0n) is 11.0. The number of aliphatic carboxylic acids is 1. The maximum Gasteiger partial charge on any atom is 0.314 e. The standard InChI is InChI=1S/C16H19BrO2/c17-14-10-12(9-11-5-1-2-6-13(11)14)16(15(18)19)7-3-4-8-16/h9-10H,1-8H2,(H,18,19). The second-order valence-electron chi connectivity index (χ2n) is 5.90. The lowest BCUT2D eigenvalue weighted by atomic mass is 9.76. The highest BCUT2D eigenvalue weighted by Crippen LogP contribution is 2.44. The topological polar surface area (TPSA) is 37.3 Å². The van der Waals surface area contributed by atoms with E-state index in [2.05, 4.69) is 28.1 Å². The van der Waals surface area contributed by atoms with Crippen molar-refractivity contribution in [2.75, 3.05) is 0 Å². The van der Waals surface area contributed by atoms with Crippen LogP contribution >= 0.6 is 15.9 Å². The first-order valence-electron chi connectivity index (χ1n) is 7.19. The second-order valence-corrected chi connectivity index (χ2v) is 6.75. The molecule has 1 saturated carbocycles. The van der Waals surface area contributed by atoms with E-state index in [0.29, 0.717) is 0 Å². The van der Waals surface area contributed by atoms with Gasteiger partial charge in [0.05, 0.1) is 5.41 Å². The van der Waals surface area contributed by atoms with Crippen LogP contribution < -0.4 is 0 Å². The number of hydrogen-bond acceptors (Lipinski definition) is 1. The number of halogens is 1. The zero-order valence-corrected chi connectivity index (χ0v) is 12.6. The van der Waals surface area contributed by atoms with Crippen LogP contribution in [0.5, 0.6) is 0 Å². The minimum atomic E-state index is -0.646. The summed E-state index contributed by atoms with van der Waals surface area (Å²) in [5, 5.41) is 9.70. The molecule has 0 aliphatic heterocycles. The largest absolute Gasteiger partial charge is 0.481 e. The van der Waals surface area contributed by atoms with Crippen molar-refractivity contribution in [1.29, 1.82) is 0 Å². The maximum atomic E-state index is 11.8. The summed E-state index contributed by atoms with van der Waals surface area (Å²) in [6.07, 6.45) is 8.31. The summed E-state index contributed by atoms with van der Waals surface area (Å²) in [7, 11) is 0. The van der Waals surface area contributed by atoms with Gasteiger partial charge in [-0.15, -0.1) is 0 Å². The molecular weight excluding hydrogens is 304 g/mol. The van der Waals surface area contributed by atoms with Crippen molar-refractivity contribution in [3.05, 3.63) is 33.3 Å². The average Bonchev–Trinajstić information content (AvgIpc) is 2.89. The Bertz CT molecular complexity index is 516. The van der Waals surface area contributed by atoms with Crippen LogP contribution in [0.15, 0.2) is 16.6 Å². The smallest absolute Gasteiger partial charge is 0.314 e. The van der Waals surface area contributed by atoms with E-state index in [0.717, 1.165) is 48.6 Å². The minimum Gasteiger partial charge on any atom is -0.481 e. The summed E-state index contributed by atoms with van der Waals surface area (Å²) >= 11 is 3.66. The first-order valence-corrected chi connectivity index (χ1v) is 7.98. The van der Waals surface area contributed by atoms with Crippen LogP contribution in [-0.2, 0) is 23.1 Å². The molecule has 1 aromatic rings. The molecule has 2 nitrogen and oxygen atoms in total. The second kappa shape index (κ2) is 4.93. The summed E-state index contributed by atoms with van der Waals surface area (Å²) in [6, 6.07) is 4.25. The van der Waals surface area contributed by atoms with Crippen LogP contribution in [0.4, 0.5) is 0 Å². The van der Waals surface area contributed by atoms with Crippen LogP contribution in [0.3, 0.4) is 0 Å². The van der Waals surface area contributed by atoms with E-state index in [1.165, 1.54) is 24.0 Å². The van der Waals surface area contributed by atoms with Gasteiger partial charge in [-0.25, -0.2) is 0 Å². The molecule has 19 heavy (non-hydrogen) atoms. The van der Waals surface area contributed by atoms with Gasteiger partial charge in [0.25, 0.3) is 0 Å². The van der Waals surface area contributed by atoms with Gasteiger partial charge in [-0.1, -0.05) is 34.8 Å². The molecule has 0 spiro atoms. The third kappa shape index (κ3) is 2.12. The molecule has 1 N–H and O–H groups in total. The average molecular weight is 323 g/mol. The predicted octanol–water partition coefficient (Wildman–Crippen LogP) is 4.22. The van der Waals surface area contributed by atoms with Gasteiger partial charge in [0, 0.05) is 4.47 Å². The Morgan fingerprint density at radius 3 is 2.47 bits per heavy atom. The molecule has 3 heteroatoms. The monoisotopic (exact) mass is 322 g/mol. The first-order chi connectivity index (χ1) is 9.13. The van der Waals surface area contributed by atoms with Crippen LogP contribution in [0.1, 0.15) is 55.2 Å². The number of carboxylic acid groups (broad SMARTS) is 1. The van der Waals surface area contributed by atoms with Crippen molar-refractivity contribution in [3.8, 4) is 0 Å². The van der Waals surface area contributed by atoms with Gasteiger partial charge in [0.2, 0.25) is 0 Å². The molecule has 0 aromatic heterocycles. The molecule has 0 atom stereocenters. The summed E-state index contributed by atoms with van der Waals surface area (Å²) in [5.41, 5.74) is 3.15. The maximum absolute atomic E-state index is 11.8. The normalized spacial score (nSPS) is 21.1. The molecule has 0 bridgehead atoms. The molecule has 0 saturated heterocycles. The molecule has 0 amide bonds. The Kier molecular flexibility index (Phi) is 3.42. The van der Waals surface area contributed by atoms with Gasteiger partial charge in [0.1, 0.15) is 0 Å². The number of carbonyl (C=O) groups is 1. The van der Waals surface area contributed by atoms with Crippen molar-refractivity contribution in [2.45, 2.75) is 56.8 Å². The quantitative estimate of drug-likeness (QED) is 0.884. The van der Waals surface area contributed by atoms with Crippen LogP contribution in [-0.4, -0.2) is 11.1 Å². The molecule has 102 valence electrons. The third-order valence-corrected chi connectivity index (χ3v) is 5.54. The molecular formula is C16H19BrO2.